The number of aliphatic hydroxyl groups excluding tert-OH is 1. The lowest BCUT2D eigenvalue weighted by Crippen LogP contribution is -2.32. The molecule has 0 saturated carbocycles. The number of carbonyl (C=O) groups excluding carboxylic acids is 1. The Labute approximate surface area is 139 Å². The van der Waals surface area contributed by atoms with Crippen LogP contribution in [0.5, 0.6) is 0 Å². The Bertz CT molecular complexity index is 536. The first kappa shape index (κ1) is 17.7. The Balaban J connectivity index is 1.92. The van der Waals surface area contributed by atoms with Crippen LogP contribution in [0, 0.1) is 23.7 Å². The molecule has 0 aliphatic heterocycles. The van der Waals surface area contributed by atoms with Gasteiger partial charge in [-0.05, 0) is 36.7 Å². The Morgan fingerprint density at radius 2 is 2.00 bits per heavy atom. The molecule has 0 bridgehead atoms. The molecule has 1 amide bonds. The van der Waals surface area contributed by atoms with Gasteiger partial charge in [0.1, 0.15) is 0 Å². The highest BCUT2D eigenvalue weighted by molar-refractivity contribution is 5.76. The summed E-state index contributed by atoms with van der Waals surface area (Å²) in [5.74, 6) is 1.61. The molecule has 1 aromatic rings. The highest BCUT2D eigenvalue weighted by Crippen LogP contribution is 2.38. The first-order valence-corrected chi connectivity index (χ1v) is 8.61. The van der Waals surface area contributed by atoms with Crippen LogP contribution >= 0.6 is 0 Å². The molecule has 0 unspecified atom stereocenters. The van der Waals surface area contributed by atoms with Gasteiger partial charge in [0.25, 0.3) is 0 Å². The van der Waals surface area contributed by atoms with Gasteiger partial charge in [0, 0.05) is 25.5 Å². The summed E-state index contributed by atoms with van der Waals surface area (Å²) in [5.41, 5.74) is 2.37. The molecule has 0 heterocycles. The normalized spacial score (nSPS) is 24.4. The molecule has 1 aromatic carbocycles. The molecule has 0 saturated heterocycles. The number of nitrogens with one attached hydrogen (secondary N) is 1. The van der Waals surface area contributed by atoms with Crippen LogP contribution in [0.2, 0.25) is 0 Å². The number of rotatable bonds is 6. The summed E-state index contributed by atoms with van der Waals surface area (Å²) in [6.07, 6.45) is 3.71. The largest absolute Gasteiger partial charge is 0.396 e. The highest BCUT2D eigenvalue weighted by Gasteiger charge is 2.31. The van der Waals surface area contributed by atoms with Gasteiger partial charge in [-0.25, -0.2) is 0 Å². The second-order valence-electron chi connectivity index (χ2n) is 7.06. The number of hydrogen-bond acceptors (Lipinski definition) is 2. The van der Waals surface area contributed by atoms with Crippen LogP contribution in [0.3, 0.4) is 0 Å². The summed E-state index contributed by atoms with van der Waals surface area (Å²) in [4.78, 5) is 12.3. The standard InChI is InChI=1S/C20H29NO2/c1-14(2)19-10-17(15(3)9-18(19)13-22)11-20(23)21-12-16-7-5-4-6-8-16/h4-9,14,17-19,22H,10-13H2,1-3H3,(H,21,23)/t17-,18-,19-/m0/s1. The highest BCUT2D eigenvalue weighted by atomic mass is 16.3. The van der Waals surface area contributed by atoms with E-state index in [-0.39, 0.29) is 18.4 Å². The second-order valence-corrected chi connectivity index (χ2v) is 7.06. The van der Waals surface area contributed by atoms with E-state index >= 15 is 0 Å². The fraction of sp³-hybridized carbons (Fsp3) is 0.550. The van der Waals surface area contributed by atoms with Crippen molar-refractivity contribution in [3.8, 4) is 0 Å². The maximum absolute atomic E-state index is 12.3. The van der Waals surface area contributed by atoms with E-state index in [1.54, 1.807) is 0 Å². The third kappa shape index (κ3) is 4.93. The first-order chi connectivity index (χ1) is 11.0. The van der Waals surface area contributed by atoms with E-state index in [9.17, 15) is 9.90 Å². The number of aliphatic hydroxyl groups is 1. The molecule has 2 rings (SSSR count). The van der Waals surface area contributed by atoms with Crippen molar-refractivity contribution in [3.05, 3.63) is 47.5 Å². The van der Waals surface area contributed by atoms with E-state index in [2.05, 4.69) is 32.2 Å². The fourth-order valence-electron chi connectivity index (χ4n) is 3.58. The Kier molecular flexibility index (Phi) is 6.40. The van der Waals surface area contributed by atoms with Gasteiger partial charge in [-0.15, -0.1) is 0 Å². The third-order valence-corrected chi connectivity index (χ3v) is 5.06. The third-order valence-electron chi connectivity index (χ3n) is 5.06. The van der Waals surface area contributed by atoms with Crippen molar-refractivity contribution >= 4 is 5.91 Å². The molecule has 3 nitrogen and oxygen atoms in total. The number of carbonyl (C=O) groups is 1. The molecule has 2 N–H and O–H groups in total. The fourth-order valence-corrected chi connectivity index (χ4v) is 3.58. The summed E-state index contributed by atoms with van der Waals surface area (Å²) >= 11 is 0. The molecule has 1 aliphatic carbocycles. The summed E-state index contributed by atoms with van der Waals surface area (Å²) in [7, 11) is 0. The minimum absolute atomic E-state index is 0.108. The van der Waals surface area contributed by atoms with Crippen LogP contribution in [-0.4, -0.2) is 17.6 Å². The van der Waals surface area contributed by atoms with Crippen LogP contribution in [0.15, 0.2) is 42.0 Å². The molecule has 3 heteroatoms. The van der Waals surface area contributed by atoms with E-state index in [0.29, 0.717) is 30.7 Å². The van der Waals surface area contributed by atoms with Crippen molar-refractivity contribution in [1.82, 2.24) is 5.32 Å². The second kappa shape index (κ2) is 8.30. The minimum Gasteiger partial charge on any atom is -0.396 e. The maximum Gasteiger partial charge on any atom is 0.220 e. The van der Waals surface area contributed by atoms with E-state index in [1.165, 1.54) is 5.57 Å². The van der Waals surface area contributed by atoms with E-state index in [0.717, 1.165) is 12.0 Å². The molecular formula is C20H29NO2. The summed E-state index contributed by atoms with van der Waals surface area (Å²) in [6, 6.07) is 9.99. The number of allylic oxidation sites excluding steroid dienone is 1. The van der Waals surface area contributed by atoms with Crippen LogP contribution in [-0.2, 0) is 11.3 Å². The predicted octanol–water partition coefficient (Wildman–Crippen LogP) is 3.54. The van der Waals surface area contributed by atoms with Gasteiger partial charge in [0.2, 0.25) is 5.91 Å². The van der Waals surface area contributed by atoms with Gasteiger partial charge in [-0.3, -0.25) is 4.79 Å². The van der Waals surface area contributed by atoms with Gasteiger partial charge < -0.3 is 10.4 Å². The first-order valence-electron chi connectivity index (χ1n) is 8.61. The predicted molar refractivity (Wildman–Crippen MR) is 93.7 cm³/mol. The monoisotopic (exact) mass is 315 g/mol. The Hall–Kier alpha value is -1.61. The summed E-state index contributed by atoms with van der Waals surface area (Å²) < 4.78 is 0. The number of hydrogen-bond donors (Lipinski definition) is 2. The number of benzene rings is 1. The van der Waals surface area contributed by atoms with Crippen molar-refractivity contribution in [1.29, 1.82) is 0 Å². The zero-order chi connectivity index (χ0) is 16.8. The van der Waals surface area contributed by atoms with Crippen molar-refractivity contribution < 1.29 is 9.90 Å². The zero-order valence-electron chi connectivity index (χ0n) is 14.5. The van der Waals surface area contributed by atoms with E-state index in [1.807, 2.05) is 30.3 Å². The zero-order valence-corrected chi connectivity index (χ0v) is 14.5. The molecular weight excluding hydrogens is 286 g/mol. The number of amides is 1. The van der Waals surface area contributed by atoms with Crippen LogP contribution in [0.25, 0.3) is 0 Å². The molecule has 0 radical (unpaired) electrons. The lowest BCUT2D eigenvalue weighted by molar-refractivity contribution is -0.122. The van der Waals surface area contributed by atoms with Gasteiger partial charge in [-0.2, -0.15) is 0 Å². The summed E-state index contributed by atoms with van der Waals surface area (Å²) in [6.45, 7) is 7.28. The van der Waals surface area contributed by atoms with Gasteiger partial charge in [-0.1, -0.05) is 55.8 Å². The van der Waals surface area contributed by atoms with Gasteiger partial charge in [0.15, 0.2) is 0 Å². The van der Waals surface area contributed by atoms with Crippen molar-refractivity contribution in [2.24, 2.45) is 23.7 Å². The molecule has 1 aliphatic rings. The van der Waals surface area contributed by atoms with Crippen LogP contribution in [0.4, 0.5) is 0 Å². The molecule has 0 aromatic heterocycles. The van der Waals surface area contributed by atoms with Gasteiger partial charge in [0.05, 0.1) is 0 Å². The smallest absolute Gasteiger partial charge is 0.220 e. The molecule has 0 spiro atoms. The van der Waals surface area contributed by atoms with Crippen LogP contribution in [0.1, 0.15) is 39.2 Å². The Morgan fingerprint density at radius 1 is 1.30 bits per heavy atom. The van der Waals surface area contributed by atoms with Crippen molar-refractivity contribution in [2.45, 2.75) is 40.2 Å². The van der Waals surface area contributed by atoms with Crippen molar-refractivity contribution in [2.75, 3.05) is 6.61 Å². The van der Waals surface area contributed by atoms with Gasteiger partial charge >= 0.3 is 0 Å². The molecule has 0 fully saturated rings. The summed E-state index contributed by atoms with van der Waals surface area (Å²) in [5, 5.41) is 12.6. The molecule has 126 valence electrons. The van der Waals surface area contributed by atoms with Crippen LogP contribution < -0.4 is 5.32 Å². The SMILES string of the molecule is CC1=C[C@@H](CO)[C@H](C(C)C)C[C@H]1CC(=O)NCc1ccccc1. The maximum atomic E-state index is 12.3. The average molecular weight is 315 g/mol. The average Bonchev–Trinajstić information content (AvgIpc) is 2.55. The lowest BCUT2D eigenvalue weighted by atomic mass is 9.70. The molecule has 3 atom stereocenters. The lowest BCUT2D eigenvalue weighted by Gasteiger charge is -2.36. The minimum atomic E-state index is 0.108. The topological polar surface area (TPSA) is 49.3 Å². The van der Waals surface area contributed by atoms with E-state index < -0.39 is 0 Å². The van der Waals surface area contributed by atoms with Crippen molar-refractivity contribution in [3.63, 3.8) is 0 Å². The van der Waals surface area contributed by atoms with E-state index in [4.69, 9.17) is 0 Å². The Morgan fingerprint density at radius 3 is 2.61 bits per heavy atom. The molecule has 23 heavy (non-hydrogen) atoms. The quantitative estimate of drug-likeness (QED) is 0.789.